The minimum atomic E-state index is 0.894. The Bertz CT molecular complexity index is 1240. The van der Waals surface area contributed by atoms with Gasteiger partial charge in [-0.2, -0.15) is 0 Å². The first-order valence-electron chi connectivity index (χ1n) is 8.74. The van der Waals surface area contributed by atoms with E-state index in [1.165, 1.54) is 11.1 Å². The minimum Gasteiger partial charge on any atom is -0.455 e. The van der Waals surface area contributed by atoms with E-state index in [9.17, 15) is 0 Å². The molecule has 26 heavy (non-hydrogen) atoms. The molecule has 2 heteroatoms. The Morgan fingerprint density at radius 1 is 0.692 bits per heavy atom. The Balaban J connectivity index is 1.77. The Morgan fingerprint density at radius 3 is 2.35 bits per heavy atom. The number of benzene rings is 3. The molecule has 0 aliphatic heterocycles. The van der Waals surface area contributed by atoms with Crippen LogP contribution >= 0.6 is 0 Å². The Hall–Kier alpha value is -3.39. The fourth-order valence-electron chi connectivity index (χ4n) is 3.55. The van der Waals surface area contributed by atoms with Gasteiger partial charge >= 0.3 is 0 Å². The summed E-state index contributed by atoms with van der Waals surface area (Å²) in [6.07, 6.45) is 0. The van der Waals surface area contributed by atoms with E-state index in [1.54, 1.807) is 0 Å². The van der Waals surface area contributed by atoms with Gasteiger partial charge in [-0.15, -0.1) is 0 Å². The molecule has 0 radical (unpaired) electrons. The zero-order valence-electron chi connectivity index (χ0n) is 14.4. The molecule has 0 saturated carbocycles. The lowest BCUT2D eigenvalue weighted by molar-refractivity contribution is 0.670. The van der Waals surface area contributed by atoms with E-state index < -0.39 is 0 Å². The fraction of sp³-hybridized carbons (Fsp3) is 0.0417. The van der Waals surface area contributed by atoms with Gasteiger partial charge in [-0.25, -0.2) is 0 Å². The van der Waals surface area contributed by atoms with Gasteiger partial charge in [0.25, 0.3) is 0 Å². The lowest BCUT2D eigenvalue weighted by Crippen LogP contribution is -1.90. The monoisotopic (exact) mass is 335 g/mol. The highest BCUT2D eigenvalue weighted by Crippen LogP contribution is 2.36. The van der Waals surface area contributed by atoms with Gasteiger partial charge in [0.05, 0.1) is 5.69 Å². The van der Waals surface area contributed by atoms with Gasteiger partial charge in [0.15, 0.2) is 0 Å². The van der Waals surface area contributed by atoms with Crippen LogP contribution in [0.2, 0.25) is 0 Å². The van der Waals surface area contributed by atoms with Gasteiger partial charge < -0.3 is 4.42 Å². The predicted octanol–water partition coefficient (Wildman–Crippen LogP) is 6.62. The summed E-state index contributed by atoms with van der Waals surface area (Å²) in [6.45, 7) is 2.04. The lowest BCUT2D eigenvalue weighted by Gasteiger charge is -2.08. The Kier molecular flexibility index (Phi) is 3.36. The first-order valence-corrected chi connectivity index (χ1v) is 8.74. The van der Waals surface area contributed by atoms with Gasteiger partial charge in [-0.05, 0) is 42.3 Å². The smallest absolute Gasteiger partial charge is 0.144 e. The second-order valence-corrected chi connectivity index (χ2v) is 6.53. The summed E-state index contributed by atoms with van der Waals surface area (Å²) in [5.74, 6) is 0. The number of para-hydroxylation sites is 2. The molecule has 0 atom stereocenters. The molecule has 0 amide bonds. The topological polar surface area (TPSA) is 26.0 Å². The van der Waals surface area contributed by atoms with Crippen molar-refractivity contribution in [3.8, 4) is 22.4 Å². The first kappa shape index (κ1) is 14.9. The van der Waals surface area contributed by atoms with Crippen LogP contribution in [-0.2, 0) is 0 Å². The van der Waals surface area contributed by atoms with E-state index in [-0.39, 0.29) is 0 Å². The van der Waals surface area contributed by atoms with Crippen molar-refractivity contribution in [2.45, 2.75) is 6.92 Å². The van der Waals surface area contributed by atoms with Gasteiger partial charge in [0.1, 0.15) is 11.2 Å². The highest BCUT2D eigenvalue weighted by Gasteiger charge is 2.13. The third-order valence-electron chi connectivity index (χ3n) is 4.74. The molecule has 5 rings (SSSR count). The summed E-state index contributed by atoms with van der Waals surface area (Å²) in [5, 5.41) is 2.27. The van der Waals surface area contributed by atoms with Crippen molar-refractivity contribution in [1.29, 1.82) is 0 Å². The minimum absolute atomic E-state index is 0.894. The normalized spacial score (nSPS) is 11.3. The maximum atomic E-state index is 6.18. The molecule has 3 aromatic carbocycles. The molecule has 0 N–H and O–H groups in total. The molecule has 0 spiro atoms. The molecule has 124 valence electrons. The number of pyridine rings is 1. The molecule has 0 aliphatic carbocycles. The molecule has 0 fully saturated rings. The lowest BCUT2D eigenvalue weighted by atomic mass is 10.0. The van der Waals surface area contributed by atoms with Crippen LogP contribution in [0.3, 0.4) is 0 Å². The van der Waals surface area contributed by atoms with Crippen molar-refractivity contribution in [2.75, 3.05) is 0 Å². The molecular formula is C24H17NO. The summed E-state index contributed by atoms with van der Waals surface area (Å²) in [5.41, 5.74) is 7.12. The van der Waals surface area contributed by atoms with E-state index in [0.717, 1.165) is 38.9 Å². The summed E-state index contributed by atoms with van der Waals surface area (Å²) < 4.78 is 6.18. The van der Waals surface area contributed by atoms with Crippen LogP contribution < -0.4 is 0 Å². The number of fused-ring (bicyclic) bond motifs is 3. The van der Waals surface area contributed by atoms with Crippen LogP contribution in [0.5, 0.6) is 0 Å². The van der Waals surface area contributed by atoms with E-state index in [4.69, 9.17) is 9.40 Å². The molecular weight excluding hydrogens is 318 g/mol. The Labute approximate surface area is 151 Å². The highest BCUT2D eigenvalue weighted by molar-refractivity contribution is 6.09. The molecule has 2 heterocycles. The van der Waals surface area contributed by atoms with Crippen LogP contribution in [-0.4, -0.2) is 4.98 Å². The fourth-order valence-corrected chi connectivity index (χ4v) is 3.55. The van der Waals surface area contributed by atoms with Crippen molar-refractivity contribution >= 4 is 21.9 Å². The molecule has 0 aliphatic rings. The van der Waals surface area contributed by atoms with E-state index in [0.29, 0.717) is 0 Å². The van der Waals surface area contributed by atoms with Crippen molar-refractivity contribution in [1.82, 2.24) is 4.98 Å². The number of furan rings is 1. The standard InChI is InChI=1S/C24H17NO/c1-16-14-18(17-8-3-2-4-9-17)15-22(25-16)21-12-7-11-20-19-10-5-6-13-23(19)26-24(20)21/h2-15H,1H3. The number of hydrogen-bond donors (Lipinski definition) is 0. The van der Waals surface area contributed by atoms with E-state index >= 15 is 0 Å². The predicted molar refractivity (Wildman–Crippen MR) is 107 cm³/mol. The van der Waals surface area contributed by atoms with Crippen LogP contribution in [0.1, 0.15) is 5.69 Å². The summed E-state index contributed by atoms with van der Waals surface area (Å²) in [6, 6.07) is 29.1. The Morgan fingerprint density at radius 2 is 1.46 bits per heavy atom. The second-order valence-electron chi connectivity index (χ2n) is 6.53. The SMILES string of the molecule is Cc1cc(-c2ccccc2)cc(-c2cccc3c2oc2ccccc23)n1. The van der Waals surface area contributed by atoms with Crippen molar-refractivity contribution in [3.63, 3.8) is 0 Å². The van der Waals surface area contributed by atoms with Crippen LogP contribution in [0.25, 0.3) is 44.3 Å². The largest absolute Gasteiger partial charge is 0.455 e. The number of aromatic nitrogens is 1. The maximum Gasteiger partial charge on any atom is 0.144 e. The van der Waals surface area contributed by atoms with E-state index in [2.05, 4.69) is 60.7 Å². The quantitative estimate of drug-likeness (QED) is 0.362. The van der Waals surface area contributed by atoms with Gasteiger partial charge in [-0.1, -0.05) is 60.7 Å². The third-order valence-corrected chi connectivity index (χ3v) is 4.74. The molecule has 5 aromatic rings. The molecule has 0 bridgehead atoms. The summed E-state index contributed by atoms with van der Waals surface area (Å²) >= 11 is 0. The van der Waals surface area contributed by atoms with Gasteiger partial charge in [0.2, 0.25) is 0 Å². The average molecular weight is 335 g/mol. The zero-order chi connectivity index (χ0) is 17.5. The second kappa shape index (κ2) is 5.85. The third kappa shape index (κ3) is 2.39. The number of hydrogen-bond acceptors (Lipinski definition) is 2. The van der Waals surface area contributed by atoms with Gasteiger partial charge in [0, 0.05) is 22.0 Å². The highest BCUT2D eigenvalue weighted by atomic mass is 16.3. The average Bonchev–Trinajstić information content (AvgIpc) is 3.07. The molecule has 0 saturated heterocycles. The van der Waals surface area contributed by atoms with E-state index in [1.807, 2.05) is 31.2 Å². The number of aryl methyl sites for hydroxylation is 1. The van der Waals surface area contributed by atoms with Crippen molar-refractivity contribution in [3.05, 3.63) is 90.6 Å². The summed E-state index contributed by atoms with van der Waals surface area (Å²) in [7, 11) is 0. The van der Waals surface area contributed by atoms with Crippen molar-refractivity contribution in [2.24, 2.45) is 0 Å². The summed E-state index contributed by atoms with van der Waals surface area (Å²) in [4.78, 5) is 4.79. The van der Waals surface area contributed by atoms with Crippen LogP contribution in [0.4, 0.5) is 0 Å². The first-order chi connectivity index (χ1) is 12.8. The molecule has 2 aromatic heterocycles. The van der Waals surface area contributed by atoms with Crippen molar-refractivity contribution < 1.29 is 4.42 Å². The maximum absolute atomic E-state index is 6.18. The van der Waals surface area contributed by atoms with Gasteiger partial charge in [-0.3, -0.25) is 4.98 Å². The molecule has 2 nitrogen and oxygen atoms in total. The number of rotatable bonds is 2. The van der Waals surface area contributed by atoms with Crippen LogP contribution in [0.15, 0.2) is 89.3 Å². The zero-order valence-corrected chi connectivity index (χ0v) is 14.4. The molecule has 0 unspecified atom stereocenters. The number of nitrogens with zero attached hydrogens (tertiary/aromatic N) is 1. The van der Waals surface area contributed by atoms with Crippen LogP contribution in [0, 0.1) is 6.92 Å².